The molecule has 1 aliphatic rings. The Balaban J connectivity index is 2.04. The fraction of sp³-hybridized carbons (Fsp3) is 0.538. The van der Waals surface area contributed by atoms with Crippen LogP contribution in [0.4, 0.5) is 0 Å². The first-order chi connectivity index (χ1) is 8.25. The van der Waals surface area contributed by atoms with E-state index in [2.05, 4.69) is 17.0 Å². The van der Waals surface area contributed by atoms with Crippen molar-refractivity contribution in [1.82, 2.24) is 14.6 Å². The molecule has 0 aromatic carbocycles. The van der Waals surface area contributed by atoms with Crippen LogP contribution in [0.3, 0.4) is 0 Å². The fourth-order valence-electron chi connectivity index (χ4n) is 2.84. The minimum absolute atomic E-state index is 0.557. The molecule has 2 aromatic heterocycles. The molecular formula is C13H16ClN3. The number of halogens is 1. The molecule has 2 heterocycles. The molecule has 3 rings (SSSR count). The molecule has 0 amide bonds. The first-order valence-corrected chi connectivity index (χ1v) is 6.63. The van der Waals surface area contributed by atoms with Crippen molar-refractivity contribution in [2.24, 2.45) is 5.92 Å². The van der Waals surface area contributed by atoms with Crippen molar-refractivity contribution in [3.63, 3.8) is 0 Å². The molecule has 0 bridgehead atoms. The van der Waals surface area contributed by atoms with Crippen LogP contribution in [0, 0.1) is 5.92 Å². The Labute approximate surface area is 106 Å². The lowest BCUT2D eigenvalue weighted by Crippen LogP contribution is -2.16. The summed E-state index contributed by atoms with van der Waals surface area (Å²) in [5.41, 5.74) is 1.99. The van der Waals surface area contributed by atoms with Gasteiger partial charge in [-0.05, 0) is 18.4 Å². The number of nitrogens with zero attached hydrogens (tertiary/aromatic N) is 3. The summed E-state index contributed by atoms with van der Waals surface area (Å²) in [6.45, 7) is 2.32. The van der Waals surface area contributed by atoms with Crippen molar-refractivity contribution < 1.29 is 0 Å². The zero-order valence-electron chi connectivity index (χ0n) is 9.93. The third-order valence-corrected chi connectivity index (χ3v) is 4.10. The van der Waals surface area contributed by atoms with Gasteiger partial charge in [0.2, 0.25) is 0 Å². The molecule has 3 nitrogen and oxygen atoms in total. The van der Waals surface area contributed by atoms with Crippen molar-refractivity contribution in [3.8, 4) is 0 Å². The Morgan fingerprint density at radius 3 is 3.00 bits per heavy atom. The minimum atomic E-state index is 0.557. The van der Waals surface area contributed by atoms with Crippen LogP contribution in [0.2, 0.25) is 5.15 Å². The summed E-state index contributed by atoms with van der Waals surface area (Å²) in [5, 5.41) is 4.81. The largest absolute Gasteiger partial charge is 0.233 e. The van der Waals surface area contributed by atoms with E-state index in [0.29, 0.717) is 17.0 Å². The second kappa shape index (κ2) is 4.30. The molecule has 0 radical (unpaired) electrons. The van der Waals surface area contributed by atoms with Gasteiger partial charge in [-0.1, -0.05) is 37.8 Å². The van der Waals surface area contributed by atoms with Gasteiger partial charge in [-0.3, -0.25) is 0 Å². The van der Waals surface area contributed by atoms with E-state index in [1.54, 1.807) is 10.7 Å². The maximum Gasteiger partial charge on any atom is 0.156 e. The van der Waals surface area contributed by atoms with Gasteiger partial charge in [-0.15, -0.1) is 0 Å². The maximum absolute atomic E-state index is 6.23. The number of fused-ring (bicyclic) bond motifs is 1. The Kier molecular flexibility index (Phi) is 2.79. The highest BCUT2D eigenvalue weighted by atomic mass is 35.5. The van der Waals surface area contributed by atoms with Gasteiger partial charge >= 0.3 is 0 Å². The van der Waals surface area contributed by atoms with E-state index in [0.717, 1.165) is 11.3 Å². The second-order valence-electron chi connectivity index (χ2n) is 4.97. The van der Waals surface area contributed by atoms with Crippen LogP contribution in [-0.4, -0.2) is 14.6 Å². The summed E-state index contributed by atoms with van der Waals surface area (Å²) in [5.74, 6) is 1.26. The van der Waals surface area contributed by atoms with Crippen molar-refractivity contribution in [1.29, 1.82) is 0 Å². The van der Waals surface area contributed by atoms with Crippen LogP contribution in [0.5, 0.6) is 0 Å². The molecule has 1 aliphatic carbocycles. The predicted octanol–water partition coefficient (Wildman–Crippen LogP) is 3.68. The average molecular weight is 250 g/mol. The summed E-state index contributed by atoms with van der Waals surface area (Å²) in [7, 11) is 0. The van der Waals surface area contributed by atoms with Gasteiger partial charge in [0.15, 0.2) is 5.65 Å². The van der Waals surface area contributed by atoms with Crippen molar-refractivity contribution >= 4 is 17.2 Å². The van der Waals surface area contributed by atoms with E-state index in [9.17, 15) is 0 Å². The van der Waals surface area contributed by atoms with Gasteiger partial charge in [0.1, 0.15) is 5.15 Å². The Morgan fingerprint density at radius 2 is 2.18 bits per heavy atom. The van der Waals surface area contributed by atoms with Crippen LogP contribution >= 0.6 is 11.6 Å². The summed E-state index contributed by atoms with van der Waals surface area (Å²) >= 11 is 6.23. The lowest BCUT2D eigenvalue weighted by atomic mass is 9.78. The average Bonchev–Trinajstić information content (AvgIpc) is 2.78. The lowest BCUT2D eigenvalue weighted by Gasteiger charge is -2.28. The SMILES string of the molecule is C[C@H]1CCCC[C@@H]1c1cc(Cl)n2nccc2n1. The van der Waals surface area contributed by atoms with Gasteiger partial charge in [-0.25, -0.2) is 9.50 Å². The highest BCUT2D eigenvalue weighted by Gasteiger charge is 2.24. The quantitative estimate of drug-likeness (QED) is 0.722. The summed E-state index contributed by atoms with van der Waals surface area (Å²) in [6.07, 6.45) is 6.92. The molecule has 2 aromatic rings. The molecule has 17 heavy (non-hydrogen) atoms. The molecule has 0 unspecified atom stereocenters. The zero-order valence-corrected chi connectivity index (χ0v) is 10.7. The van der Waals surface area contributed by atoms with Gasteiger partial charge in [0, 0.05) is 17.7 Å². The first-order valence-electron chi connectivity index (χ1n) is 6.26. The van der Waals surface area contributed by atoms with E-state index in [4.69, 9.17) is 11.6 Å². The molecule has 0 N–H and O–H groups in total. The van der Waals surface area contributed by atoms with Crippen LogP contribution in [0.15, 0.2) is 18.3 Å². The van der Waals surface area contributed by atoms with Gasteiger partial charge in [-0.2, -0.15) is 5.10 Å². The summed E-state index contributed by atoms with van der Waals surface area (Å²) < 4.78 is 1.68. The lowest BCUT2D eigenvalue weighted by molar-refractivity contribution is 0.325. The smallest absolute Gasteiger partial charge is 0.156 e. The predicted molar refractivity (Wildman–Crippen MR) is 68.4 cm³/mol. The Morgan fingerprint density at radius 1 is 1.35 bits per heavy atom. The molecule has 1 saturated carbocycles. The number of aromatic nitrogens is 3. The van der Waals surface area contributed by atoms with Crippen molar-refractivity contribution in [2.75, 3.05) is 0 Å². The third-order valence-electron chi connectivity index (χ3n) is 3.83. The summed E-state index contributed by atoms with van der Waals surface area (Å²) in [6, 6.07) is 3.89. The van der Waals surface area contributed by atoms with E-state index >= 15 is 0 Å². The van der Waals surface area contributed by atoms with E-state index < -0.39 is 0 Å². The fourth-order valence-corrected chi connectivity index (χ4v) is 3.08. The Bertz CT molecular complexity index is 534. The second-order valence-corrected chi connectivity index (χ2v) is 5.36. The number of rotatable bonds is 1. The number of hydrogen-bond acceptors (Lipinski definition) is 2. The molecule has 0 aliphatic heterocycles. The summed E-state index contributed by atoms with van der Waals surface area (Å²) in [4.78, 5) is 4.69. The first kappa shape index (κ1) is 11.0. The van der Waals surface area contributed by atoms with Crippen molar-refractivity contribution in [2.45, 2.75) is 38.5 Å². The normalized spacial score (nSPS) is 25.3. The molecule has 4 heteroatoms. The van der Waals surface area contributed by atoms with Crippen molar-refractivity contribution in [3.05, 3.63) is 29.2 Å². The monoisotopic (exact) mass is 249 g/mol. The van der Waals surface area contributed by atoms with Gasteiger partial charge in [0.25, 0.3) is 0 Å². The topological polar surface area (TPSA) is 30.2 Å². The highest BCUT2D eigenvalue weighted by molar-refractivity contribution is 6.29. The highest BCUT2D eigenvalue weighted by Crippen LogP contribution is 2.37. The molecular weight excluding hydrogens is 234 g/mol. The minimum Gasteiger partial charge on any atom is -0.233 e. The molecule has 1 fully saturated rings. The Hall–Kier alpha value is -1.09. The number of hydrogen-bond donors (Lipinski definition) is 0. The van der Waals surface area contributed by atoms with E-state index in [1.807, 2.05) is 12.1 Å². The standard InChI is InChI=1S/C13H16ClN3/c1-9-4-2-3-5-10(9)11-8-12(14)17-13(16-11)6-7-15-17/h6-10H,2-5H2,1H3/t9-,10-/m0/s1. The van der Waals surface area contributed by atoms with Gasteiger partial charge in [0.05, 0.1) is 6.20 Å². The van der Waals surface area contributed by atoms with Crippen LogP contribution in [0.25, 0.3) is 5.65 Å². The molecule has 0 saturated heterocycles. The van der Waals surface area contributed by atoms with E-state index in [1.165, 1.54) is 25.7 Å². The molecule has 90 valence electrons. The van der Waals surface area contributed by atoms with Crippen LogP contribution < -0.4 is 0 Å². The van der Waals surface area contributed by atoms with Crippen LogP contribution in [-0.2, 0) is 0 Å². The molecule has 2 atom stereocenters. The zero-order chi connectivity index (χ0) is 11.8. The van der Waals surface area contributed by atoms with Gasteiger partial charge < -0.3 is 0 Å². The maximum atomic E-state index is 6.23. The third kappa shape index (κ3) is 1.93. The van der Waals surface area contributed by atoms with Crippen LogP contribution in [0.1, 0.15) is 44.2 Å². The molecule has 0 spiro atoms. The van der Waals surface area contributed by atoms with E-state index in [-0.39, 0.29) is 0 Å².